The number of amides is 1. The van der Waals surface area contributed by atoms with E-state index in [-0.39, 0.29) is 11.7 Å². The van der Waals surface area contributed by atoms with Gasteiger partial charge in [0, 0.05) is 31.1 Å². The lowest BCUT2D eigenvalue weighted by Gasteiger charge is -2.33. The van der Waals surface area contributed by atoms with Crippen LogP contribution >= 0.6 is 11.8 Å². The van der Waals surface area contributed by atoms with Crippen molar-refractivity contribution < 1.29 is 4.79 Å². The lowest BCUT2D eigenvalue weighted by Crippen LogP contribution is -2.39. The Balaban J connectivity index is 1.22. The molecule has 2 aromatic carbocycles. The van der Waals surface area contributed by atoms with Crippen LogP contribution < -0.4 is 5.32 Å². The second-order valence-corrected chi connectivity index (χ2v) is 10.2. The highest BCUT2D eigenvalue weighted by Gasteiger charge is 2.18. The zero-order valence-corrected chi connectivity index (χ0v) is 21.0. The number of piperidine rings is 1. The van der Waals surface area contributed by atoms with Crippen LogP contribution in [-0.4, -0.2) is 62.0 Å². The van der Waals surface area contributed by atoms with Crippen LogP contribution in [0.3, 0.4) is 0 Å². The largest absolute Gasteiger partial charge is 0.355 e. The van der Waals surface area contributed by atoms with Crippen LogP contribution in [0.5, 0.6) is 0 Å². The van der Waals surface area contributed by atoms with Crippen molar-refractivity contribution in [3.8, 4) is 0 Å². The number of likely N-dealkylation sites (tertiary alicyclic amines) is 1. The Kier molecular flexibility index (Phi) is 7.59. The Morgan fingerprint density at radius 2 is 1.91 bits per heavy atom. The number of benzene rings is 2. The van der Waals surface area contributed by atoms with Gasteiger partial charge in [-0.05, 0) is 44.4 Å². The third-order valence-electron chi connectivity index (χ3n) is 6.76. The van der Waals surface area contributed by atoms with E-state index in [1.165, 1.54) is 43.1 Å². The highest BCUT2D eigenvalue weighted by atomic mass is 32.2. The van der Waals surface area contributed by atoms with Gasteiger partial charge in [0.2, 0.25) is 11.1 Å². The van der Waals surface area contributed by atoms with Crippen LogP contribution in [-0.2, 0) is 11.3 Å². The summed E-state index contributed by atoms with van der Waals surface area (Å²) in [7, 11) is 0. The fourth-order valence-corrected chi connectivity index (χ4v) is 5.47. The highest BCUT2D eigenvalue weighted by Crippen LogP contribution is 2.28. The molecule has 7 nitrogen and oxygen atoms in total. The van der Waals surface area contributed by atoms with E-state index in [0.29, 0.717) is 24.3 Å². The number of para-hydroxylation sites is 1. The van der Waals surface area contributed by atoms with Crippen molar-refractivity contribution in [2.24, 2.45) is 0 Å². The number of thioether (sulfide) groups is 1. The molecule has 1 aliphatic heterocycles. The number of hydrogen-bond donors (Lipinski definition) is 1. The maximum Gasteiger partial charge on any atom is 0.230 e. The van der Waals surface area contributed by atoms with E-state index < -0.39 is 0 Å². The molecule has 0 spiro atoms. The molecule has 0 radical (unpaired) electrons. The van der Waals surface area contributed by atoms with Crippen LogP contribution in [0, 0.1) is 0 Å². The first-order valence-electron chi connectivity index (χ1n) is 12.5. The number of aromatic nitrogens is 4. The minimum absolute atomic E-state index is 0.00946. The maximum atomic E-state index is 12.4. The van der Waals surface area contributed by atoms with Crippen molar-refractivity contribution in [3.63, 3.8) is 0 Å². The summed E-state index contributed by atoms with van der Waals surface area (Å²) in [4.78, 5) is 19.8. The van der Waals surface area contributed by atoms with Gasteiger partial charge < -0.3 is 14.8 Å². The van der Waals surface area contributed by atoms with Gasteiger partial charge in [-0.25, -0.2) is 4.98 Å². The van der Waals surface area contributed by atoms with Crippen molar-refractivity contribution in [1.29, 1.82) is 0 Å². The first-order chi connectivity index (χ1) is 17.2. The van der Waals surface area contributed by atoms with Crippen molar-refractivity contribution in [2.75, 3.05) is 25.4 Å². The zero-order chi connectivity index (χ0) is 24.0. The standard InChI is InChI=1S/C27H32N6OS/c1-20-10-7-8-16-32(20)17-9-15-28-24(34)19-35-27-29-26-25(30-31-27)22-13-5-6-14-23(22)33(26)18-21-11-3-2-4-12-21/h2-6,11-14,20H,7-10,15-19H2,1H3,(H,28,34). The highest BCUT2D eigenvalue weighted by molar-refractivity contribution is 7.99. The maximum absolute atomic E-state index is 12.4. The van der Waals surface area contributed by atoms with Crippen molar-refractivity contribution in [2.45, 2.75) is 50.4 Å². The fourth-order valence-electron chi connectivity index (χ4n) is 4.86. The Bertz CT molecular complexity index is 1290. The summed E-state index contributed by atoms with van der Waals surface area (Å²) in [5.41, 5.74) is 3.86. The van der Waals surface area contributed by atoms with Gasteiger partial charge in [0.25, 0.3) is 0 Å². The molecule has 1 N–H and O–H groups in total. The zero-order valence-electron chi connectivity index (χ0n) is 20.2. The molecule has 1 saturated heterocycles. The number of carbonyl (C=O) groups is 1. The average Bonchev–Trinajstić information content (AvgIpc) is 3.20. The quantitative estimate of drug-likeness (QED) is 0.276. The average molecular weight is 489 g/mol. The first kappa shape index (κ1) is 23.8. The van der Waals surface area contributed by atoms with Gasteiger partial charge in [-0.15, -0.1) is 10.2 Å². The van der Waals surface area contributed by atoms with E-state index in [1.54, 1.807) is 0 Å². The topological polar surface area (TPSA) is 75.9 Å². The van der Waals surface area contributed by atoms with Gasteiger partial charge in [0.05, 0.1) is 11.3 Å². The molecule has 0 aliphatic carbocycles. The van der Waals surface area contributed by atoms with Gasteiger partial charge in [-0.2, -0.15) is 0 Å². The Morgan fingerprint density at radius 3 is 2.77 bits per heavy atom. The molecular weight excluding hydrogens is 456 g/mol. The van der Waals surface area contributed by atoms with Gasteiger partial charge in [0.1, 0.15) is 5.52 Å². The van der Waals surface area contributed by atoms with Crippen LogP contribution in [0.1, 0.15) is 38.2 Å². The van der Waals surface area contributed by atoms with Crippen LogP contribution in [0.15, 0.2) is 59.8 Å². The third-order valence-corrected chi connectivity index (χ3v) is 7.59. The first-order valence-corrected chi connectivity index (χ1v) is 13.5. The molecule has 3 heterocycles. The molecule has 0 bridgehead atoms. The summed E-state index contributed by atoms with van der Waals surface area (Å²) >= 11 is 1.33. The van der Waals surface area contributed by atoms with Crippen LogP contribution in [0.4, 0.5) is 0 Å². The predicted molar refractivity (Wildman–Crippen MR) is 142 cm³/mol. The normalized spacial score (nSPS) is 16.7. The summed E-state index contributed by atoms with van der Waals surface area (Å²) in [5, 5.41) is 13.4. The van der Waals surface area contributed by atoms with Gasteiger partial charge in [-0.3, -0.25) is 4.79 Å². The molecule has 1 fully saturated rings. The van der Waals surface area contributed by atoms with E-state index >= 15 is 0 Å². The fraction of sp³-hybridized carbons (Fsp3) is 0.407. The summed E-state index contributed by atoms with van der Waals surface area (Å²) in [5.74, 6) is 0.293. The number of nitrogens with one attached hydrogen (secondary N) is 1. The Morgan fingerprint density at radius 1 is 1.09 bits per heavy atom. The molecule has 0 saturated carbocycles. The van der Waals surface area contributed by atoms with Gasteiger partial charge in [0.15, 0.2) is 5.65 Å². The molecule has 4 aromatic rings. The van der Waals surface area contributed by atoms with E-state index in [4.69, 9.17) is 4.98 Å². The molecule has 5 rings (SSSR count). The molecule has 182 valence electrons. The molecule has 2 aromatic heterocycles. The second kappa shape index (κ2) is 11.2. The molecule has 1 amide bonds. The summed E-state index contributed by atoms with van der Waals surface area (Å²) in [6, 6.07) is 19.2. The molecule has 1 unspecified atom stereocenters. The van der Waals surface area contributed by atoms with Crippen molar-refractivity contribution in [1.82, 2.24) is 30.0 Å². The third kappa shape index (κ3) is 5.65. The van der Waals surface area contributed by atoms with E-state index in [0.717, 1.165) is 35.0 Å². The van der Waals surface area contributed by atoms with Gasteiger partial charge in [-0.1, -0.05) is 66.7 Å². The smallest absolute Gasteiger partial charge is 0.230 e. The molecule has 1 atom stereocenters. The summed E-state index contributed by atoms with van der Waals surface area (Å²) < 4.78 is 2.18. The molecule has 1 aliphatic rings. The van der Waals surface area contributed by atoms with Crippen molar-refractivity contribution in [3.05, 3.63) is 60.2 Å². The number of hydrogen-bond acceptors (Lipinski definition) is 6. The molecule has 8 heteroatoms. The Labute approximate surface area is 210 Å². The number of nitrogens with zero attached hydrogens (tertiary/aromatic N) is 5. The number of rotatable bonds is 9. The molecular formula is C27H32N6OS. The predicted octanol–water partition coefficient (Wildman–Crippen LogP) is 4.50. The summed E-state index contributed by atoms with van der Waals surface area (Å²) in [6.07, 6.45) is 4.88. The van der Waals surface area contributed by atoms with Crippen LogP contribution in [0.25, 0.3) is 22.1 Å². The van der Waals surface area contributed by atoms with E-state index in [2.05, 4.69) is 56.2 Å². The number of carbonyl (C=O) groups excluding carboxylic acids is 1. The van der Waals surface area contributed by atoms with E-state index in [1.807, 2.05) is 30.3 Å². The Hall–Kier alpha value is -2.97. The molecule has 35 heavy (non-hydrogen) atoms. The monoisotopic (exact) mass is 488 g/mol. The second-order valence-electron chi connectivity index (χ2n) is 9.23. The summed E-state index contributed by atoms with van der Waals surface area (Å²) in [6.45, 7) is 5.93. The van der Waals surface area contributed by atoms with Crippen molar-refractivity contribution >= 4 is 39.7 Å². The minimum atomic E-state index is 0.00946. The SMILES string of the molecule is CC1CCCCN1CCCNC(=O)CSc1nnc2c3ccccc3n(Cc3ccccc3)c2n1. The van der Waals surface area contributed by atoms with E-state index in [9.17, 15) is 4.79 Å². The minimum Gasteiger partial charge on any atom is -0.355 e. The van der Waals surface area contributed by atoms with Gasteiger partial charge >= 0.3 is 0 Å². The lowest BCUT2D eigenvalue weighted by atomic mass is 10.0. The number of fused-ring (bicyclic) bond motifs is 3. The van der Waals surface area contributed by atoms with Crippen LogP contribution in [0.2, 0.25) is 0 Å². The lowest BCUT2D eigenvalue weighted by molar-refractivity contribution is -0.118.